The molecule has 0 bridgehead atoms. The van der Waals surface area contributed by atoms with Gasteiger partial charge in [0.25, 0.3) is 0 Å². The number of hydrogen-bond acceptors (Lipinski definition) is 3. The summed E-state index contributed by atoms with van der Waals surface area (Å²) in [6.07, 6.45) is 4.82. The van der Waals surface area contributed by atoms with Gasteiger partial charge in [-0.05, 0) is 26.8 Å². The molecule has 4 nitrogen and oxygen atoms in total. The highest BCUT2D eigenvalue weighted by molar-refractivity contribution is 4.95. The summed E-state index contributed by atoms with van der Waals surface area (Å²) in [6, 6.07) is 0. The van der Waals surface area contributed by atoms with Crippen LogP contribution in [-0.2, 0) is 6.54 Å². The van der Waals surface area contributed by atoms with Crippen LogP contribution in [0.25, 0.3) is 0 Å². The minimum absolute atomic E-state index is 0.175. The SMILES string of the molecule is CNC1(C)CCN(Cc2nccn2C(F)F)CC1. The second-order valence-electron chi connectivity index (χ2n) is 5.12. The van der Waals surface area contributed by atoms with E-state index in [0.717, 1.165) is 30.5 Å². The molecular formula is C12H20F2N4. The average Bonchev–Trinajstić information content (AvgIpc) is 2.81. The summed E-state index contributed by atoms with van der Waals surface area (Å²) in [7, 11) is 1.97. The minimum atomic E-state index is -2.50. The minimum Gasteiger partial charge on any atom is -0.314 e. The third kappa shape index (κ3) is 2.87. The molecule has 1 aromatic rings. The van der Waals surface area contributed by atoms with Gasteiger partial charge in [-0.2, -0.15) is 8.78 Å². The Morgan fingerprint density at radius 2 is 2.11 bits per heavy atom. The molecule has 1 saturated heterocycles. The van der Waals surface area contributed by atoms with Crippen molar-refractivity contribution in [1.82, 2.24) is 19.8 Å². The Kier molecular flexibility index (Phi) is 3.97. The van der Waals surface area contributed by atoms with Crippen LogP contribution in [0.3, 0.4) is 0 Å². The van der Waals surface area contributed by atoms with E-state index < -0.39 is 6.55 Å². The summed E-state index contributed by atoms with van der Waals surface area (Å²) in [4.78, 5) is 6.19. The van der Waals surface area contributed by atoms with Gasteiger partial charge in [-0.1, -0.05) is 0 Å². The van der Waals surface area contributed by atoms with Crippen molar-refractivity contribution >= 4 is 0 Å². The van der Waals surface area contributed by atoms with Crippen LogP contribution >= 0.6 is 0 Å². The molecule has 0 unspecified atom stereocenters. The van der Waals surface area contributed by atoms with Crippen molar-refractivity contribution < 1.29 is 8.78 Å². The van der Waals surface area contributed by atoms with Crippen LogP contribution in [0.1, 0.15) is 32.1 Å². The van der Waals surface area contributed by atoms with Crippen molar-refractivity contribution in [2.75, 3.05) is 20.1 Å². The number of nitrogens with zero attached hydrogens (tertiary/aromatic N) is 3. The summed E-state index contributed by atoms with van der Waals surface area (Å²) in [5.41, 5.74) is 0.175. The number of piperidine rings is 1. The summed E-state index contributed by atoms with van der Waals surface area (Å²) < 4.78 is 26.3. The Bertz CT molecular complexity index is 383. The van der Waals surface area contributed by atoms with Gasteiger partial charge >= 0.3 is 6.55 Å². The van der Waals surface area contributed by atoms with E-state index in [1.165, 1.54) is 12.4 Å². The second kappa shape index (κ2) is 5.32. The normalized spacial score (nSPS) is 20.5. The Labute approximate surface area is 106 Å². The maximum Gasteiger partial charge on any atom is 0.319 e. The molecule has 0 radical (unpaired) electrons. The first kappa shape index (κ1) is 13.4. The molecule has 18 heavy (non-hydrogen) atoms. The molecule has 2 rings (SSSR count). The van der Waals surface area contributed by atoms with Crippen LogP contribution in [0.5, 0.6) is 0 Å². The highest BCUT2D eigenvalue weighted by Gasteiger charge is 2.28. The molecule has 0 atom stereocenters. The lowest BCUT2D eigenvalue weighted by molar-refractivity contribution is 0.0614. The first-order valence-electron chi connectivity index (χ1n) is 6.25. The molecular weight excluding hydrogens is 238 g/mol. The Morgan fingerprint density at radius 3 is 2.67 bits per heavy atom. The van der Waals surface area contributed by atoms with E-state index >= 15 is 0 Å². The van der Waals surface area contributed by atoms with E-state index in [1.54, 1.807) is 0 Å². The lowest BCUT2D eigenvalue weighted by Crippen LogP contribution is -2.49. The first-order valence-corrected chi connectivity index (χ1v) is 6.25. The largest absolute Gasteiger partial charge is 0.319 e. The summed E-state index contributed by atoms with van der Waals surface area (Å²) >= 11 is 0. The summed E-state index contributed by atoms with van der Waals surface area (Å²) in [6.45, 7) is 2.01. The lowest BCUT2D eigenvalue weighted by atomic mass is 9.90. The number of halogens is 2. The van der Waals surface area contributed by atoms with E-state index in [9.17, 15) is 8.78 Å². The molecule has 2 heterocycles. The zero-order chi connectivity index (χ0) is 13.2. The van der Waals surface area contributed by atoms with E-state index in [2.05, 4.69) is 22.1 Å². The molecule has 0 aliphatic carbocycles. The average molecular weight is 258 g/mol. The zero-order valence-electron chi connectivity index (χ0n) is 10.9. The van der Waals surface area contributed by atoms with Crippen molar-refractivity contribution in [1.29, 1.82) is 0 Å². The van der Waals surface area contributed by atoms with Gasteiger partial charge in [0.15, 0.2) is 0 Å². The van der Waals surface area contributed by atoms with Crippen molar-refractivity contribution in [3.8, 4) is 0 Å². The van der Waals surface area contributed by atoms with Gasteiger partial charge in [-0.3, -0.25) is 9.47 Å². The molecule has 1 fully saturated rings. The number of alkyl halides is 2. The number of imidazole rings is 1. The van der Waals surface area contributed by atoms with Crippen LogP contribution in [0.2, 0.25) is 0 Å². The Hall–Kier alpha value is -1.01. The summed E-state index contributed by atoms with van der Waals surface area (Å²) in [5.74, 6) is 0.443. The molecule has 0 aromatic carbocycles. The third-order valence-electron chi connectivity index (χ3n) is 3.89. The maximum absolute atomic E-state index is 12.7. The van der Waals surface area contributed by atoms with Gasteiger partial charge in [0.05, 0.1) is 6.54 Å². The highest BCUT2D eigenvalue weighted by atomic mass is 19.3. The number of hydrogen-bond donors (Lipinski definition) is 1. The van der Waals surface area contributed by atoms with Crippen molar-refractivity contribution in [3.05, 3.63) is 18.2 Å². The van der Waals surface area contributed by atoms with Gasteiger partial charge in [0.1, 0.15) is 5.82 Å². The van der Waals surface area contributed by atoms with E-state index in [4.69, 9.17) is 0 Å². The van der Waals surface area contributed by atoms with Crippen molar-refractivity contribution in [3.63, 3.8) is 0 Å². The van der Waals surface area contributed by atoms with Gasteiger partial charge in [0, 0.05) is 31.0 Å². The topological polar surface area (TPSA) is 33.1 Å². The number of likely N-dealkylation sites (tertiary alicyclic amines) is 1. The molecule has 0 saturated carbocycles. The fourth-order valence-electron chi connectivity index (χ4n) is 2.30. The van der Waals surface area contributed by atoms with Crippen molar-refractivity contribution in [2.24, 2.45) is 0 Å². The number of nitrogens with one attached hydrogen (secondary N) is 1. The quantitative estimate of drug-likeness (QED) is 0.894. The van der Waals surface area contributed by atoms with Crippen LogP contribution in [0, 0.1) is 0 Å². The molecule has 1 aromatic heterocycles. The molecule has 102 valence electrons. The van der Waals surface area contributed by atoms with Crippen LogP contribution < -0.4 is 5.32 Å². The Morgan fingerprint density at radius 1 is 1.44 bits per heavy atom. The number of aromatic nitrogens is 2. The molecule has 6 heteroatoms. The van der Waals surface area contributed by atoms with Gasteiger partial charge in [-0.15, -0.1) is 0 Å². The van der Waals surface area contributed by atoms with E-state index in [-0.39, 0.29) is 5.54 Å². The summed E-state index contributed by atoms with van der Waals surface area (Å²) in [5, 5.41) is 3.32. The first-order chi connectivity index (χ1) is 8.54. The van der Waals surface area contributed by atoms with Gasteiger partial charge in [0.2, 0.25) is 0 Å². The van der Waals surface area contributed by atoms with E-state index in [1.807, 2.05) is 7.05 Å². The second-order valence-corrected chi connectivity index (χ2v) is 5.12. The molecule has 0 spiro atoms. The van der Waals surface area contributed by atoms with Crippen LogP contribution in [0.15, 0.2) is 12.4 Å². The monoisotopic (exact) mass is 258 g/mol. The molecule has 1 aliphatic heterocycles. The highest BCUT2D eigenvalue weighted by Crippen LogP contribution is 2.22. The molecule has 1 N–H and O–H groups in total. The predicted molar refractivity (Wildman–Crippen MR) is 65.5 cm³/mol. The molecule has 0 amide bonds. The maximum atomic E-state index is 12.7. The van der Waals surface area contributed by atoms with Gasteiger partial charge in [-0.25, -0.2) is 4.98 Å². The van der Waals surface area contributed by atoms with Crippen molar-refractivity contribution in [2.45, 2.75) is 38.4 Å². The molecule has 1 aliphatic rings. The zero-order valence-corrected chi connectivity index (χ0v) is 10.9. The standard InChI is InChI=1S/C12H20F2N4/c1-12(15-2)3-6-17(7-4-12)9-10-16-5-8-18(10)11(13)14/h5,8,11,15H,3-4,6-7,9H2,1-2H3. The number of rotatable bonds is 4. The Balaban J connectivity index is 1.94. The fourth-order valence-corrected chi connectivity index (χ4v) is 2.30. The lowest BCUT2D eigenvalue weighted by Gasteiger charge is -2.39. The van der Waals surface area contributed by atoms with Gasteiger partial charge < -0.3 is 5.32 Å². The van der Waals surface area contributed by atoms with E-state index in [0.29, 0.717) is 12.4 Å². The fraction of sp³-hybridized carbons (Fsp3) is 0.750. The van der Waals surface area contributed by atoms with Crippen LogP contribution in [-0.4, -0.2) is 40.1 Å². The predicted octanol–water partition coefficient (Wildman–Crippen LogP) is 1.85. The smallest absolute Gasteiger partial charge is 0.314 e. The third-order valence-corrected chi connectivity index (χ3v) is 3.89. The van der Waals surface area contributed by atoms with Crippen LogP contribution in [0.4, 0.5) is 8.78 Å².